The highest BCUT2D eigenvalue weighted by atomic mass is 32.2. The molecule has 0 spiro atoms. The van der Waals surface area contributed by atoms with Crippen LogP contribution in [-0.2, 0) is 9.53 Å². The van der Waals surface area contributed by atoms with Gasteiger partial charge in [0.2, 0.25) is 0 Å². The number of rotatable bonds is 2. The quantitative estimate of drug-likeness (QED) is 0.745. The molecule has 92 valence electrons. The summed E-state index contributed by atoms with van der Waals surface area (Å²) in [6.45, 7) is 8.40. The van der Waals surface area contributed by atoms with Crippen molar-refractivity contribution in [1.29, 1.82) is 0 Å². The van der Waals surface area contributed by atoms with Crippen LogP contribution >= 0.6 is 11.8 Å². The average Bonchev–Trinajstić information content (AvgIpc) is 2.74. The first-order valence-corrected chi connectivity index (χ1v) is 7.28. The van der Waals surface area contributed by atoms with Gasteiger partial charge in [-0.1, -0.05) is 6.92 Å². The molecular formula is C13H22O2S. The Balaban J connectivity index is 2.15. The molecule has 0 saturated carbocycles. The maximum absolute atomic E-state index is 12.6. The van der Waals surface area contributed by atoms with E-state index in [1.807, 2.05) is 18.7 Å². The number of carbonyl (C=O) groups is 1. The minimum atomic E-state index is -0.138. The van der Waals surface area contributed by atoms with Gasteiger partial charge in [0, 0.05) is 0 Å². The molecule has 2 nitrogen and oxygen atoms in total. The van der Waals surface area contributed by atoms with Crippen LogP contribution in [0.5, 0.6) is 0 Å². The molecule has 0 aromatic heterocycles. The van der Waals surface area contributed by atoms with Gasteiger partial charge in [0.15, 0.2) is 5.78 Å². The van der Waals surface area contributed by atoms with Crippen LogP contribution in [0.3, 0.4) is 0 Å². The number of hydrogen-bond donors (Lipinski definition) is 0. The van der Waals surface area contributed by atoms with Crippen LogP contribution < -0.4 is 0 Å². The van der Waals surface area contributed by atoms with Gasteiger partial charge < -0.3 is 4.74 Å². The minimum Gasteiger partial charge on any atom is -0.375 e. The second kappa shape index (κ2) is 4.34. The molecule has 2 fully saturated rings. The van der Waals surface area contributed by atoms with E-state index in [1.165, 1.54) is 6.42 Å². The molecule has 2 aliphatic rings. The van der Waals surface area contributed by atoms with Gasteiger partial charge in [-0.2, -0.15) is 0 Å². The Hall–Kier alpha value is -0.0200. The number of thioether (sulfide) groups is 1. The van der Waals surface area contributed by atoms with E-state index in [4.69, 9.17) is 4.74 Å². The summed E-state index contributed by atoms with van der Waals surface area (Å²) in [6.07, 6.45) is 2.54. The van der Waals surface area contributed by atoms with Crippen LogP contribution in [0.25, 0.3) is 0 Å². The highest BCUT2D eigenvalue weighted by Crippen LogP contribution is 2.44. The topological polar surface area (TPSA) is 26.3 Å². The molecule has 2 heterocycles. The average molecular weight is 242 g/mol. The standard InChI is InChI=1S/C13H22O2S/c1-8-9(2)15-10(3)11(8)12(14)13(4)6-5-7-16-13/h8-11H,5-7H2,1-4H3. The maximum atomic E-state index is 12.6. The summed E-state index contributed by atoms with van der Waals surface area (Å²) < 4.78 is 5.64. The molecule has 2 rings (SSSR count). The summed E-state index contributed by atoms with van der Waals surface area (Å²) in [4.78, 5) is 12.6. The summed E-state index contributed by atoms with van der Waals surface area (Å²) >= 11 is 1.84. The highest BCUT2D eigenvalue weighted by molar-refractivity contribution is 8.01. The van der Waals surface area contributed by atoms with Crippen molar-refractivity contribution in [1.82, 2.24) is 0 Å². The van der Waals surface area contributed by atoms with E-state index in [-0.39, 0.29) is 22.9 Å². The number of hydrogen-bond acceptors (Lipinski definition) is 3. The second-order valence-corrected chi connectivity index (χ2v) is 7.08. The zero-order valence-electron chi connectivity index (χ0n) is 10.7. The predicted molar refractivity (Wildman–Crippen MR) is 67.8 cm³/mol. The number of Topliss-reactive ketones (excluding diaryl/α,β-unsaturated/α-hetero) is 1. The van der Waals surface area contributed by atoms with Crippen LogP contribution in [0.15, 0.2) is 0 Å². The molecule has 0 aromatic carbocycles. The lowest BCUT2D eigenvalue weighted by Gasteiger charge is -2.28. The van der Waals surface area contributed by atoms with E-state index < -0.39 is 0 Å². The first-order valence-electron chi connectivity index (χ1n) is 6.29. The van der Waals surface area contributed by atoms with Gasteiger partial charge in [-0.15, -0.1) is 11.8 Å². The van der Waals surface area contributed by atoms with Crippen molar-refractivity contribution in [3.8, 4) is 0 Å². The lowest BCUT2D eigenvalue weighted by atomic mass is 9.80. The Bertz CT molecular complexity index is 284. The van der Waals surface area contributed by atoms with Crippen molar-refractivity contribution >= 4 is 17.5 Å². The van der Waals surface area contributed by atoms with Gasteiger partial charge in [0.1, 0.15) is 0 Å². The van der Waals surface area contributed by atoms with Gasteiger partial charge in [0.25, 0.3) is 0 Å². The molecule has 0 aromatic rings. The molecule has 16 heavy (non-hydrogen) atoms. The van der Waals surface area contributed by atoms with E-state index in [0.717, 1.165) is 12.2 Å². The smallest absolute Gasteiger partial charge is 0.154 e. The van der Waals surface area contributed by atoms with Crippen molar-refractivity contribution in [2.24, 2.45) is 11.8 Å². The molecule has 0 amide bonds. The number of ketones is 1. The molecule has 0 radical (unpaired) electrons. The third-order valence-corrected chi connectivity index (χ3v) is 5.82. The fourth-order valence-electron chi connectivity index (χ4n) is 3.04. The molecule has 0 N–H and O–H groups in total. The van der Waals surface area contributed by atoms with Gasteiger partial charge in [-0.3, -0.25) is 4.79 Å². The first kappa shape index (κ1) is 12.4. The Morgan fingerprint density at radius 2 is 2.00 bits per heavy atom. The van der Waals surface area contributed by atoms with Crippen LogP contribution in [0, 0.1) is 11.8 Å². The number of ether oxygens (including phenoxy) is 1. The Morgan fingerprint density at radius 1 is 1.31 bits per heavy atom. The summed E-state index contributed by atoms with van der Waals surface area (Å²) in [5.74, 6) is 2.03. The third-order valence-electron chi connectivity index (χ3n) is 4.28. The lowest BCUT2D eigenvalue weighted by Crippen LogP contribution is -2.40. The number of carbonyl (C=O) groups excluding carboxylic acids is 1. The van der Waals surface area contributed by atoms with Crippen molar-refractivity contribution in [3.63, 3.8) is 0 Å². The van der Waals surface area contributed by atoms with Crippen molar-refractivity contribution in [2.45, 2.75) is 57.5 Å². The summed E-state index contributed by atoms with van der Waals surface area (Å²) in [7, 11) is 0. The van der Waals surface area contributed by atoms with Gasteiger partial charge in [0.05, 0.1) is 22.9 Å². The Morgan fingerprint density at radius 3 is 2.44 bits per heavy atom. The van der Waals surface area contributed by atoms with Crippen LogP contribution in [0.2, 0.25) is 0 Å². The third kappa shape index (κ3) is 1.92. The molecular weight excluding hydrogens is 220 g/mol. The van der Waals surface area contributed by atoms with Crippen molar-refractivity contribution < 1.29 is 9.53 Å². The largest absolute Gasteiger partial charge is 0.375 e. The molecule has 2 aliphatic heterocycles. The molecule has 0 aliphatic carbocycles. The highest BCUT2D eigenvalue weighted by Gasteiger charge is 2.49. The van der Waals surface area contributed by atoms with Gasteiger partial charge in [-0.05, 0) is 45.3 Å². The van der Waals surface area contributed by atoms with Gasteiger partial charge in [-0.25, -0.2) is 0 Å². The zero-order valence-corrected chi connectivity index (χ0v) is 11.5. The second-order valence-electron chi connectivity index (χ2n) is 5.48. The van der Waals surface area contributed by atoms with E-state index in [0.29, 0.717) is 11.7 Å². The van der Waals surface area contributed by atoms with E-state index >= 15 is 0 Å². The van der Waals surface area contributed by atoms with Crippen molar-refractivity contribution in [2.75, 3.05) is 5.75 Å². The molecule has 0 bridgehead atoms. The maximum Gasteiger partial charge on any atom is 0.154 e. The Kier molecular flexibility index (Phi) is 3.37. The molecule has 3 heteroatoms. The summed E-state index contributed by atoms with van der Waals surface area (Å²) in [6, 6.07) is 0. The monoisotopic (exact) mass is 242 g/mol. The fourth-order valence-corrected chi connectivity index (χ4v) is 4.35. The van der Waals surface area contributed by atoms with E-state index in [2.05, 4.69) is 20.8 Å². The Labute approximate surface area is 103 Å². The van der Waals surface area contributed by atoms with E-state index in [9.17, 15) is 4.79 Å². The summed E-state index contributed by atoms with van der Waals surface area (Å²) in [5.41, 5.74) is 0. The minimum absolute atomic E-state index is 0.0931. The molecule has 5 unspecified atom stereocenters. The van der Waals surface area contributed by atoms with Crippen LogP contribution in [0.4, 0.5) is 0 Å². The van der Waals surface area contributed by atoms with Crippen LogP contribution in [0.1, 0.15) is 40.5 Å². The summed E-state index contributed by atoms with van der Waals surface area (Å²) in [5, 5.41) is 0. The fraction of sp³-hybridized carbons (Fsp3) is 0.923. The van der Waals surface area contributed by atoms with E-state index in [1.54, 1.807) is 0 Å². The van der Waals surface area contributed by atoms with Gasteiger partial charge >= 0.3 is 0 Å². The van der Waals surface area contributed by atoms with Crippen LogP contribution in [-0.4, -0.2) is 28.5 Å². The molecule has 5 atom stereocenters. The SMILES string of the molecule is CC1OC(C)C(C(=O)C2(C)CCCS2)C1C. The van der Waals surface area contributed by atoms with Crippen molar-refractivity contribution in [3.05, 3.63) is 0 Å². The first-order chi connectivity index (χ1) is 7.46. The normalized spacial score (nSPS) is 48.5. The zero-order chi connectivity index (χ0) is 11.9. The molecule has 2 saturated heterocycles. The lowest BCUT2D eigenvalue weighted by molar-refractivity contribution is -0.127. The predicted octanol–water partition coefficient (Wildman–Crippen LogP) is 2.90.